The molecule has 0 bridgehead atoms. The molecule has 1 aliphatic carbocycles. The molecule has 1 saturated heterocycles. The van der Waals surface area contributed by atoms with Crippen molar-refractivity contribution in [2.45, 2.75) is 57.7 Å². The third-order valence-electron chi connectivity index (χ3n) is 3.80. The van der Waals surface area contributed by atoms with Crippen molar-refractivity contribution in [3.8, 4) is 0 Å². The summed E-state index contributed by atoms with van der Waals surface area (Å²) in [6.45, 7) is 9.96. The predicted molar refractivity (Wildman–Crippen MR) is 75.2 cm³/mol. The number of rotatable bonds is 2. The summed E-state index contributed by atoms with van der Waals surface area (Å²) in [7, 11) is 0. The SMILES string of the molecule is CC(C)(C)OC(=O)NC1CCCC1N1CCNCC1. The average molecular weight is 269 g/mol. The Morgan fingerprint density at radius 1 is 1.26 bits per heavy atom. The van der Waals surface area contributed by atoms with Crippen LogP contribution in [0.4, 0.5) is 4.79 Å². The molecule has 0 aromatic rings. The molecule has 0 radical (unpaired) electrons. The smallest absolute Gasteiger partial charge is 0.407 e. The zero-order valence-electron chi connectivity index (χ0n) is 12.4. The molecule has 110 valence electrons. The molecule has 2 N–H and O–H groups in total. The molecular weight excluding hydrogens is 242 g/mol. The van der Waals surface area contributed by atoms with Gasteiger partial charge in [-0.25, -0.2) is 4.79 Å². The number of nitrogens with one attached hydrogen (secondary N) is 2. The maximum Gasteiger partial charge on any atom is 0.407 e. The van der Waals surface area contributed by atoms with Crippen LogP contribution in [0.3, 0.4) is 0 Å². The van der Waals surface area contributed by atoms with Gasteiger partial charge >= 0.3 is 6.09 Å². The van der Waals surface area contributed by atoms with E-state index in [1.165, 1.54) is 12.8 Å². The van der Waals surface area contributed by atoms with Gasteiger partial charge in [-0.05, 0) is 40.0 Å². The number of alkyl carbamates (subject to hydrolysis) is 1. The Balaban J connectivity index is 1.86. The lowest BCUT2D eigenvalue weighted by Gasteiger charge is -2.36. The number of ether oxygens (including phenoxy) is 1. The van der Waals surface area contributed by atoms with Crippen LogP contribution in [0.2, 0.25) is 0 Å². The second-order valence-corrected chi connectivity index (χ2v) is 6.54. The van der Waals surface area contributed by atoms with E-state index in [9.17, 15) is 4.79 Å². The first-order valence-corrected chi connectivity index (χ1v) is 7.40. The van der Waals surface area contributed by atoms with Gasteiger partial charge in [0.25, 0.3) is 0 Å². The maximum atomic E-state index is 11.9. The standard InChI is InChI=1S/C14H27N3O2/c1-14(2,3)19-13(18)16-11-5-4-6-12(11)17-9-7-15-8-10-17/h11-12,15H,4-10H2,1-3H3,(H,16,18). The molecule has 1 aliphatic heterocycles. The Morgan fingerprint density at radius 3 is 2.58 bits per heavy atom. The Kier molecular flexibility index (Phi) is 4.68. The Morgan fingerprint density at radius 2 is 1.95 bits per heavy atom. The number of hydrogen-bond acceptors (Lipinski definition) is 4. The molecule has 2 aliphatic rings. The molecule has 5 heteroatoms. The van der Waals surface area contributed by atoms with Gasteiger partial charge in [-0.3, -0.25) is 4.90 Å². The highest BCUT2D eigenvalue weighted by Crippen LogP contribution is 2.25. The molecule has 19 heavy (non-hydrogen) atoms. The van der Waals surface area contributed by atoms with E-state index in [0.717, 1.165) is 32.6 Å². The minimum absolute atomic E-state index is 0.243. The normalized spacial score (nSPS) is 29.2. The molecule has 2 fully saturated rings. The van der Waals surface area contributed by atoms with Crippen molar-refractivity contribution < 1.29 is 9.53 Å². The molecule has 0 aromatic carbocycles. The van der Waals surface area contributed by atoms with Crippen LogP contribution in [0.15, 0.2) is 0 Å². The third-order valence-corrected chi connectivity index (χ3v) is 3.80. The lowest BCUT2D eigenvalue weighted by molar-refractivity contribution is 0.0468. The minimum Gasteiger partial charge on any atom is -0.444 e. The van der Waals surface area contributed by atoms with E-state index < -0.39 is 5.60 Å². The van der Waals surface area contributed by atoms with Crippen LogP contribution in [0.5, 0.6) is 0 Å². The first-order chi connectivity index (χ1) is 8.96. The lowest BCUT2D eigenvalue weighted by Crippen LogP contribution is -2.54. The van der Waals surface area contributed by atoms with E-state index in [-0.39, 0.29) is 12.1 Å². The van der Waals surface area contributed by atoms with Gasteiger partial charge in [0.2, 0.25) is 0 Å². The summed E-state index contributed by atoms with van der Waals surface area (Å²) >= 11 is 0. The van der Waals surface area contributed by atoms with Gasteiger partial charge in [-0.15, -0.1) is 0 Å². The fraction of sp³-hybridized carbons (Fsp3) is 0.929. The van der Waals surface area contributed by atoms with Crippen molar-refractivity contribution in [2.24, 2.45) is 0 Å². The minimum atomic E-state index is -0.423. The van der Waals surface area contributed by atoms with Crippen molar-refractivity contribution >= 4 is 6.09 Å². The van der Waals surface area contributed by atoms with Crippen LogP contribution >= 0.6 is 0 Å². The zero-order valence-corrected chi connectivity index (χ0v) is 12.4. The summed E-state index contributed by atoms with van der Waals surface area (Å²) in [5, 5.41) is 6.43. The van der Waals surface area contributed by atoms with Gasteiger partial charge in [0.1, 0.15) is 5.60 Å². The fourth-order valence-electron chi connectivity index (χ4n) is 3.02. The first-order valence-electron chi connectivity index (χ1n) is 7.40. The molecule has 2 unspecified atom stereocenters. The molecule has 1 amide bonds. The largest absolute Gasteiger partial charge is 0.444 e. The summed E-state index contributed by atoms with van der Waals surface area (Å²) in [6.07, 6.45) is 3.16. The van der Waals surface area contributed by atoms with Gasteiger partial charge in [0.15, 0.2) is 0 Å². The topological polar surface area (TPSA) is 53.6 Å². The van der Waals surface area contributed by atoms with Gasteiger partial charge in [-0.1, -0.05) is 0 Å². The molecule has 2 atom stereocenters. The number of hydrogen-bond donors (Lipinski definition) is 2. The van der Waals surface area contributed by atoms with E-state index in [2.05, 4.69) is 15.5 Å². The number of carbonyl (C=O) groups is 1. The lowest BCUT2D eigenvalue weighted by atomic mass is 10.1. The number of amides is 1. The Labute approximate surface area is 116 Å². The van der Waals surface area contributed by atoms with Crippen LogP contribution < -0.4 is 10.6 Å². The zero-order chi connectivity index (χ0) is 13.9. The van der Waals surface area contributed by atoms with Crippen LogP contribution in [0.25, 0.3) is 0 Å². The van der Waals surface area contributed by atoms with Crippen LogP contribution in [0, 0.1) is 0 Å². The van der Waals surface area contributed by atoms with Gasteiger partial charge < -0.3 is 15.4 Å². The molecule has 2 rings (SSSR count). The Bertz CT molecular complexity index is 308. The molecule has 0 aromatic heterocycles. The first kappa shape index (κ1) is 14.6. The van der Waals surface area contributed by atoms with Gasteiger partial charge in [-0.2, -0.15) is 0 Å². The summed E-state index contributed by atoms with van der Waals surface area (Å²) in [6, 6.07) is 0.725. The summed E-state index contributed by atoms with van der Waals surface area (Å²) in [4.78, 5) is 14.4. The van der Waals surface area contributed by atoms with Crippen molar-refractivity contribution in [3.63, 3.8) is 0 Å². The highest BCUT2D eigenvalue weighted by Gasteiger charge is 2.34. The van der Waals surface area contributed by atoms with Crippen molar-refractivity contribution in [3.05, 3.63) is 0 Å². The van der Waals surface area contributed by atoms with Gasteiger partial charge in [0, 0.05) is 38.3 Å². The summed E-state index contributed by atoms with van der Waals surface area (Å²) in [5.41, 5.74) is -0.423. The van der Waals surface area contributed by atoms with Crippen molar-refractivity contribution in [2.75, 3.05) is 26.2 Å². The third kappa shape index (κ3) is 4.35. The van der Waals surface area contributed by atoms with E-state index in [1.807, 2.05) is 20.8 Å². The van der Waals surface area contributed by atoms with Crippen molar-refractivity contribution in [1.82, 2.24) is 15.5 Å². The van der Waals surface area contributed by atoms with E-state index in [1.54, 1.807) is 0 Å². The van der Waals surface area contributed by atoms with Crippen LogP contribution in [0.1, 0.15) is 40.0 Å². The second-order valence-electron chi connectivity index (χ2n) is 6.54. The van der Waals surface area contributed by atoms with E-state index in [4.69, 9.17) is 4.74 Å². The highest BCUT2D eigenvalue weighted by molar-refractivity contribution is 5.68. The van der Waals surface area contributed by atoms with E-state index in [0.29, 0.717) is 6.04 Å². The van der Waals surface area contributed by atoms with Crippen LogP contribution in [-0.2, 0) is 4.74 Å². The molecule has 5 nitrogen and oxygen atoms in total. The van der Waals surface area contributed by atoms with E-state index >= 15 is 0 Å². The quantitative estimate of drug-likeness (QED) is 0.794. The maximum absolute atomic E-state index is 11.9. The fourth-order valence-corrected chi connectivity index (χ4v) is 3.02. The summed E-state index contributed by atoms with van der Waals surface area (Å²) in [5.74, 6) is 0. The predicted octanol–water partition coefficient (Wildman–Crippen LogP) is 1.34. The average Bonchev–Trinajstić information content (AvgIpc) is 2.75. The number of nitrogens with zero attached hydrogens (tertiary/aromatic N) is 1. The van der Waals surface area contributed by atoms with Crippen LogP contribution in [-0.4, -0.2) is 54.9 Å². The molecule has 1 heterocycles. The summed E-state index contributed by atoms with van der Waals surface area (Å²) < 4.78 is 5.35. The number of piperazine rings is 1. The molecule has 0 spiro atoms. The molecular formula is C14H27N3O2. The Hall–Kier alpha value is -0.810. The molecule has 1 saturated carbocycles. The monoisotopic (exact) mass is 269 g/mol. The van der Waals surface area contributed by atoms with Crippen molar-refractivity contribution in [1.29, 1.82) is 0 Å². The number of carbonyl (C=O) groups excluding carboxylic acids is 1. The van der Waals surface area contributed by atoms with Gasteiger partial charge in [0.05, 0.1) is 0 Å². The second kappa shape index (κ2) is 6.09. The highest BCUT2D eigenvalue weighted by atomic mass is 16.6.